The average Bonchev–Trinajstić information content (AvgIpc) is 3.41. The van der Waals surface area contributed by atoms with Gasteiger partial charge in [-0.3, -0.25) is 9.59 Å². The zero-order chi connectivity index (χ0) is 22.7. The highest BCUT2D eigenvalue weighted by molar-refractivity contribution is 6.01. The highest BCUT2D eigenvalue weighted by Crippen LogP contribution is 2.35. The molecule has 8 nitrogen and oxygen atoms in total. The summed E-state index contributed by atoms with van der Waals surface area (Å²) in [5, 5.41) is 4.06. The summed E-state index contributed by atoms with van der Waals surface area (Å²) in [7, 11) is 4.76. The first-order chi connectivity index (χ1) is 15.5. The number of anilines is 1. The summed E-state index contributed by atoms with van der Waals surface area (Å²) in [6.07, 6.45) is 2.80. The maximum Gasteiger partial charge on any atom is 0.227 e. The van der Waals surface area contributed by atoms with Crippen molar-refractivity contribution in [3.05, 3.63) is 48.2 Å². The molecule has 2 heterocycles. The molecule has 1 fully saturated rings. The number of nitrogens with one attached hydrogen (secondary N) is 2. The molecule has 1 atom stereocenters. The van der Waals surface area contributed by atoms with Gasteiger partial charge in [-0.25, -0.2) is 0 Å². The van der Waals surface area contributed by atoms with Gasteiger partial charge in [0.25, 0.3) is 0 Å². The van der Waals surface area contributed by atoms with Gasteiger partial charge in [0, 0.05) is 42.7 Å². The van der Waals surface area contributed by atoms with Crippen LogP contribution in [0.5, 0.6) is 17.2 Å². The maximum atomic E-state index is 12.7. The second-order valence-corrected chi connectivity index (χ2v) is 7.71. The van der Waals surface area contributed by atoms with Crippen molar-refractivity contribution in [3.8, 4) is 17.2 Å². The van der Waals surface area contributed by atoms with Crippen LogP contribution in [0, 0.1) is 5.92 Å². The molecule has 32 heavy (non-hydrogen) atoms. The standard InChI is InChI=1S/C24H27N3O5/c1-30-17-4-6-20-19(11-17)15(13-26-20)8-9-25-24(29)16-10-23(28)27(14-16)21-7-5-18(31-2)12-22(21)32-3/h4-7,11-13,16,26H,8-10,14H2,1-3H3,(H,25,29)/t16-/m0/s1. The van der Waals surface area contributed by atoms with Crippen LogP contribution in [-0.2, 0) is 16.0 Å². The average molecular weight is 437 g/mol. The quantitative estimate of drug-likeness (QED) is 0.565. The summed E-state index contributed by atoms with van der Waals surface area (Å²) in [4.78, 5) is 30.2. The maximum absolute atomic E-state index is 12.7. The smallest absolute Gasteiger partial charge is 0.227 e. The molecule has 0 bridgehead atoms. The van der Waals surface area contributed by atoms with E-state index < -0.39 is 5.92 Å². The molecule has 0 unspecified atom stereocenters. The third-order valence-corrected chi connectivity index (χ3v) is 5.84. The third-order valence-electron chi connectivity index (χ3n) is 5.84. The zero-order valence-electron chi connectivity index (χ0n) is 18.4. The highest BCUT2D eigenvalue weighted by Gasteiger charge is 2.36. The Morgan fingerprint density at radius 3 is 2.59 bits per heavy atom. The number of aromatic nitrogens is 1. The minimum atomic E-state index is -0.405. The van der Waals surface area contributed by atoms with Gasteiger partial charge in [-0.05, 0) is 42.3 Å². The Morgan fingerprint density at radius 1 is 1.09 bits per heavy atom. The van der Waals surface area contributed by atoms with E-state index in [-0.39, 0.29) is 18.2 Å². The lowest BCUT2D eigenvalue weighted by Gasteiger charge is -2.20. The monoisotopic (exact) mass is 437 g/mol. The van der Waals surface area contributed by atoms with Crippen molar-refractivity contribution in [2.45, 2.75) is 12.8 Å². The molecule has 1 aliphatic heterocycles. The molecule has 168 valence electrons. The van der Waals surface area contributed by atoms with Crippen LogP contribution in [-0.4, -0.2) is 51.2 Å². The van der Waals surface area contributed by atoms with Crippen LogP contribution in [0.25, 0.3) is 10.9 Å². The molecule has 1 aliphatic rings. The number of hydrogen-bond acceptors (Lipinski definition) is 5. The number of benzene rings is 2. The van der Waals surface area contributed by atoms with Gasteiger partial charge in [0.1, 0.15) is 17.2 Å². The fourth-order valence-electron chi connectivity index (χ4n) is 4.08. The number of aromatic amines is 1. The lowest BCUT2D eigenvalue weighted by Crippen LogP contribution is -2.34. The molecule has 0 radical (unpaired) electrons. The summed E-state index contributed by atoms with van der Waals surface area (Å²) >= 11 is 0. The fraction of sp³-hybridized carbons (Fsp3) is 0.333. The number of carbonyl (C=O) groups is 2. The van der Waals surface area contributed by atoms with Crippen molar-refractivity contribution in [3.63, 3.8) is 0 Å². The number of fused-ring (bicyclic) bond motifs is 1. The summed E-state index contributed by atoms with van der Waals surface area (Å²) in [6.45, 7) is 0.803. The SMILES string of the molecule is COc1ccc(N2C[C@@H](C(=O)NCCc3c[nH]c4ccc(OC)cc34)CC2=O)c(OC)c1. The molecule has 1 aromatic heterocycles. The summed E-state index contributed by atoms with van der Waals surface area (Å²) in [5.74, 6) is 1.34. The molecule has 1 saturated heterocycles. The lowest BCUT2D eigenvalue weighted by atomic mass is 10.1. The highest BCUT2D eigenvalue weighted by atomic mass is 16.5. The van der Waals surface area contributed by atoms with E-state index in [2.05, 4.69) is 10.3 Å². The van der Waals surface area contributed by atoms with Crippen molar-refractivity contribution in [1.29, 1.82) is 0 Å². The van der Waals surface area contributed by atoms with Crippen LogP contribution in [0.1, 0.15) is 12.0 Å². The lowest BCUT2D eigenvalue weighted by molar-refractivity contribution is -0.126. The van der Waals surface area contributed by atoms with Crippen molar-refractivity contribution in [2.24, 2.45) is 5.92 Å². The Morgan fingerprint density at radius 2 is 1.84 bits per heavy atom. The summed E-state index contributed by atoms with van der Waals surface area (Å²) in [5.41, 5.74) is 2.77. The number of rotatable bonds is 8. The molecule has 2 amide bonds. The van der Waals surface area contributed by atoms with Gasteiger partial charge < -0.3 is 29.4 Å². The number of ether oxygens (including phenoxy) is 3. The van der Waals surface area contributed by atoms with E-state index in [4.69, 9.17) is 14.2 Å². The van der Waals surface area contributed by atoms with Gasteiger partial charge in [-0.2, -0.15) is 0 Å². The van der Waals surface area contributed by atoms with Gasteiger partial charge in [-0.1, -0.05) is 0 Å². The van der Waals surface area contributed by atoms with E-state index in [0.29, 0.717) is 36.7 Å². The van der Waals surface area contributed by atoms with E-state index in [1.54, 1.807) is 44.4 Å². The Labute approximate surface area is 186 Å². The zero-order valence-corrected chi connectivity index (χ0v) is 18.4. The largest absolute Gasteiger partial charge is 0.497 e. The first-order valence-electron chi connectivity index (χ1n) is 10.5. The molecule has 2 aromatic carbocycles. The number of H-pyrrole nitrogens is 1. The van der Waals surface area contributed by atoms with Gasteiger partial charge >= 0.3 is 0 Å². The number of methoxy groups -OCH3 is 3. The van der Waals surface area contributed by atoms with E-state index >= 15 is 0 Å². The fourth-order valence-corrected chi connectivity index (χ4v) is 4.08. The van der Waals surface area contributed by atoms with Crippen LogP contribution < -0.4 is 24.4 Å². The molecular formula is C24H27N3O5. The number of hydrogen-bond donors (Lipinski definition) is 2. The number of carbonyl (C=O) groups excluding carboxylic acids is 2. The first-order valence-corrected chi connectivity index (χ1v) is 10.5. The Hall–Kier alpha value is -3.68. The van der Waals surface area contributed by atoms with Gasteiger partial charge in [0.2, 0.25) is 11.8 Å². The molecule has 4 rings (SSSR count). The topological polar surface area (TPSA) is 92.9 Å². The molecular weight excluding hydrogens is 410 g/mol. The summed E-state index contributed by atoms with van der Waals surface area (Å²) < 4.78 is 15.9. The van der Waals surface area contributed by atoms with E-state index in [1.165, 1.54) is 0 Å². The number of amides is 2. The predicted molar refractivity (Wildman–Crippen MR) is 122 cm³/mol. The van der Waals surface area contributed by atoms with Crippen LogP contribution in [0.3, 0.4) is 0 Å². The molecule has 2 N–H and O–H groups in total. The van der Waals surface area contributed by atoms with Crippen LogP contribution in [0.4, 0.5) is 5.69 Å². The van der Waals surface area contributed by atoms with Gasteiger partial charge in [-0.15, -0.1) is 0 Å². The van der Waals surface area contributed by atoms with E-state index in [1.807, 2.05) is 24.4 Å². The molecule has 0 spiro atoms. The van der Waals surface area contributed by atoms with Crippen molar-refractivity contribution in [2.75, 3.05) is 39.3 Å². The second kappa shape index (κ2) is 9.21. The predicted octanol–water partition coefficient (Wildman–Crippen LogP) is 2.91. The Bertz CT molecular complexity index is 1140. The Balaban J connectivity index is 1.37. The van der Waals surface area contributed by atoms with E-state index in [9.17, 15) is 9.59 Å². The normalized spacial score (nSPS) is 15.8. The first kappa shape index (κ1) is 21.5. The van der Waals surface area contributed by atoms with Gasteiger partial charge in [0.15, 0.2) is 0 Å². The van der Waals surface area contributed by atoms with Crippen molar-refractivity contribution < 1.29 is 23.8 Å². The Kier molecular flexibility index (Phi) is 6.20. The van der Waals surface area contributed by atoms with Crippen LogP contribution >= 0.6 is 0 Å². The molecule has 3 aromatic rings. The third kappa shape index (κ3) is 4.21. The van der Waals surface area contributed by atoms with Crippen LogP contribution in [0.2, 0.25) is 0 Å². The molecule has 8 heteroatoms. The summed E-state index contributed by atoms with van der Waals surface area (Å²) in [6, 6.07) is 11.1. The minimum absolute atomic E-state index is 0.0997. The van der Waals surface area contributed by atoms with Gasteiger partial charge in [0.05, 0.1) is 32.9 Å². The molecule has 0 aliphatic carbocycles. The van der Waals surface area contributed by atoms with E-state index in [0.717, 1.165) is 22.2 Å². The van der Waals surface area contributed by atoms with Crippen molar-refractivity contribution >= 4 is 28.4 Å². The second-order valence-electron chi connectivity index (χ2n) is 7.71. The molecule has 0 saturated carbocycles. The minimum Gasteiger partial charge on any atom is -0.497 e. The van der Waals surface area contributed by atoms with Crippen molar-refractivity contribution in [1.82, 2.24) is 10.3 Å². The van der Waals surface area contributed by atoms with Crippen LogP contribution in [0.15, 0.2) is 42.6 Å². The number of nitrogens with zero attached hydrogens (tertiary/aromatic N) is 1.